The van der Waals surface area contributed by atoms with Crippen LogP contribution in [0.1, 0.15) is 37.7 Å². The van der Waals surface area contributed by atoms with E-state index < -0.39 is 23.3 Å². The molecule has 4 amide bonds. The highest BCUT2D eigenvalue weighted by atomic mass is 16.5. The molecule has 8 nitrogen and oxygen atoms in total. The molecule has 1 saturated heterocycles. The molecule has 1 heterocycles. The van der Waals surface area contributed by atoms with Crippen molar-refractivity contribution < 1.29 is 19.1 Å². The smallest absolute Gasteiger partial charge is 0.324 e. The quantitative estimate of drug-likeness (QED) is 0.457. The summed E-state index contributed by atoms with van der Waals surface area (Å²) >= 11 is 0. The largest absolute Gasteiger partial charge is 0.379 e. The lowest BCUT2D eigenvalue weighted by molar-refractivity contribution is -0.146. The van der Waals surface area contributed by atoms with E-state index in [1.165, 1.54) is 4.90 Å². The maximum absolute atomic E-state index is 13.4. The molecule has 0 aromatic heterocycles. The number of primary amides is 1. The second kappa shape index (κ2) is 11.2. The van der Waals surface area contributed by atoms with Gasteiger partial charge in [0.2, 0.25) is 11.8 Å². The highest BCUT2D eigenvalue weighted by Gasteiger charge is 2.49. The van der Waals surface area contributed by atoms with Gasteiger partial charge in [0, 0.05) is 26.2 Å². The topological polar surface area (TPSA) is 105 Å². The molecular weight excluding hydrogens is 396 g/mol. The summed E-state index contributed by atoms with van der Waals surface area (Å²) in [5.74, 6) is -1.08. The minimum atomic E-state index is -1.26. The number of imide groups is 1. The maximum Gasteiger partial charge on any atom is 0.324 e. The van der Waals surface area contributed by atoms with Crippen LogP contribution in [-0.2, 0) is 20.7 Å². The van der Waals surface area contributed by atoms with Crippen LogP contribution < -0.4 is 11.1 Å². The molecule has 1 saturated carbocycles. The first-order valence-corrected chi connectivity index (χ1v) is 11.3. The van der Waals surface area contributed by atoms with E-state index in [9.17, 15) is 14.4 Å². The summed E-state index contributed by atoms with van der Waals surface area (Å²) < 4.78 is 5.35. The Morgan fingerprint density at radius 1 is 1.10 bits per heavy atom. The van der Waals surface area contributed by atoms with Crippen LogP contribution in [0.3, 0.4) is 0 Å². The molecule has 1 aliphatic carbocycles. The number of amides is 4. The van der Waals surface area contributed by atoms with Gasteiger partial charge in [-0.05, 0) is 37.8 Å². The Hall–Kier alpha value is -2.45. The standard InChI is InChI=1S/C23H34N4O4/c24-20(28)23(10-4-5-11-23)21(29)27(14-9-19-7-2-1-3-8-19)22(30)25-12-6-13-26-15-17-31-18-16-26/h1-3,7-8H,4-6,9-18H2,(H2,24,28)(H,25,30). The molecule has 0 radical (unpaired) electrons. The van der Waals surface area contributed by atoms with Gasteiger partial charge in [0.1, 0.15) is 5.41 Å². The average molecular weight is 431 g/mol. The second-order valence-electron chi connectivity index (χ2n) is 8.39. The van der Waals surface area contributed by atoms with Gasteiger partial charge < -0.3 is 15.8 Å². The number of hydrogen-bond acceptors (Lipinski definition) is 5. The number of carbonyl (C=O) groups excluding carboxylic acids is 3. The van der Waals surface area contributed by atoms with Gasteiger partial charge in [-0.25, -0.2) is 4.79 Å². The summed E-state index contributed by atoms with van der Waals surface area (Å²) in [6.07, 6.45) is 3.67. The molecule has 3 rings (SSSR count). The van der Waals surface area contributed by atoms with E-state index in [2.05, 4.69) is 10.2 Å². The molecule has 1 aromatic rings. The highest BCUT2D eigenvalue weighted by molar-refractivity contribution is 6.09. The van der Waals surface area contributed by atoms with Gasteiger partial charge in [0.15, 0.2) is 0 Å². The number of rotatable bonds is 9. The van der Waals surface area contributed by atoms with Crippen LogP contribution in [0.15, 0.2) is 30.3 Å². The Morgan fingerprint density at radius 3 is 2.42 bits per heavy atom. The number of hydrogen-bond donors (Lipinski definition) is 2. The minimum Gasteiger partial charge on any atom is -0.379 e. The van der Waals surface area contributed by atoms with E-state index in [0.29, 0.717) is 25.8 Å². The Morgan fingerprint density at radius 2 is 1.77 bits per heavy atom. The zero-order chi connectivity index (χ0) is 22.1. The van der Waals surface area contributed by atoms with Gasteiger partial charge in [0.05, 0.1) is 13.2 Å². The summed E-state index contributed by atoms with van der Waals surface area (Å²) in [7, 11) is 0. The van der Waals surface area contributed by atoms with Crippen LogP contribution >= 0.6 is 0 Å². The lowest BCUT2D eigenvalue weighted by Gasteiger charge is -2.31. The van der Waals surface area contributed by atoms with Crippen molar-refractivity contribution >= 4 is 17.8 Å². The third kappa shape index (κ3) is 6.04. The first kappa shape index (κ1) is 23.2. The van der Waals surface area contributed by atoms with Gasteiger partial charge in [-0.15, -0.1) is 0 Å². The Balaban J connectivity index is 1.61. The molecule has 170 valence electrons. The number of nitrogens with one attached hydrogen (secondary N) is 1. The molecule has 3 N–H and O–H groups in total. The van der Waals surface area contributed by atoms with E-state index in [-0.39, 0.29) is 6.54 Å². The van der Waals surface area contributed by atoms with Gasteiger partial charge in [-0.2, -0.15) is 0 Å². The van der Waals surface area contributed by atoms with Crippen molar-refractivity contribution in [2.45, 2.75) is 38.5 Å². The van der Waals surface area contributed by atoms with E-state index >= 15 is 0 Å². The van der Waals surface area contributed by atoms with Gasteiger partial charge >= 0.3 is 6.03 Å². The molecule has 1 aromatic carbocycles. The molecule has 0 atom stereocenters. The number of ether oxygens (including phenoxy) is 1. The summed E-state index contributed by atoms with van der Waals surface area (Å²) in [6.45, 7) is 4.83. The van der Waals surface area contributed by atoms with E-state index in [1.807, 2.05) is 30.3 Å². The molecule has 1 aliphatic heterocycles. The molecule has 2 aliphatic rings. The van der Waals surface area contributed by atoms with E-state index in [1.54, 1.807) is 0 Å². The van der Waals surface area contributed by atoms with Crippen molar-refractivity contribution in [1.82, 2.24) is 15.1 Å². The fraction of sp³-hybridized carbons (Fsp3) is 0.609. The summed E-state index contributed by atoms with van der Waals surface area (Å²) in [5, 5.41) is 2.88. The fourth-order valence-corrected chi connectivity index (χ4v) is 4.40. The first-order valence-electron chi connectivity index (χ1n) is 11.3. The second-order valence-corrected chi connectivity index (χ2v) is 8.39. The third-order valence-corrected chi connectivity index (χ3v) is 6.33. The van der Waals surface area contributed by atoms with Crippen molar-refractivity contribution in [2.24, 2.45) is 11.1 Å². The predicted octanol–water partition coefficient (Wildman–Crippen LogP) is 1.54. The average Bonchev–Trinajstić information content (AvgIpc) is 3.30. The maximum atomic E-state index is 13.4. The van der Waals surface area contributed by atoms with Gasteiger partial charge in [-0.1, -0.05) is 43.2 Å². The number of nitrogens with zero attached hydrogens (tertiary/aromatic N) is 2. The monoisotopic (exact) mass is 430 g/mol. The van der Waals surface area contributed by atoms with Crippen molar-refractivity contribution in [3.8, 4) is 0 Å². The van der Waals surface area contributed by atoms with Gasteiger partial charge in [0.25, 0.3) is 0 Å². The Labute approximate surface area is 184 Å². The normalized spacial score (nSPS) is 18.5. The number of benzene rings is 1. The third-order valence-electron chi connectivity index (χ3n) is 6.33. The van der Waals surface area contributed by atoms with Crippen LogP contribution in [0.2, 0.25) is 0 Å². The zero-order valence-corrected chi connectivity index (χ0v) is 18.2. The summed E-state index contributed by atoms with van der Waals surface area (Å²) in [5.41, 5.74) is 5.41. The van der Waals surface area contributed by atoms with Crippen molar-refractivity contribution in [1.29, 1.82) is 0 Å². The number of urea groups is 1. The van der Waals surface area contributed by atoms with Crippen LogP contribution in [0.4, 0.5) is 4.79 Å². The van der Waals surface area contributed by atoms with E-state index in [0.717, 1.165) is 57.7 Å². The molecule has 31 heavy (non-hydrogen) atoms. The Kier molecular flexibility index (Phi) is 8.43. The molecular formula is C23H34N4O4. The van der Waals surface area contributed by atoms with Crippen LogP contribution in [-0.4, -0.2) is 73.6 Å². The molecule has 8 heteroatoms. The summed E-state index contributed by atoms with van der Waals surface area (Å²) in [4.78, 5) is 42.1. The lowest BCUT2D eigenvalue weighted by Crippen LogP contribution is -2.55. The molecule has 2 fully saturated rings. The van der Waals surface area contributed by atoms with E-state index in [4.69, 9.17) is 10.5 Å². The minimum absolute atomic E-state index is 0.215. The number of morpholine rings is 1. The summed E-state index contributed by atoms with van der Waals surface area (Å²) in [6, 6.07) is 9.25. The van der Waals surface area contributed by atoms with Gasteiger partial charge in [-0.3, -0.25) is 19.4 Å². The van der Waals surface area contributed by atoms with Crippen LogP contribution in [0.5, 0.6) is 0 Å². The predicted molar refractivity (Wildman–Crippen MR) is 117 cm³/mol. The highest BCUT2D eigenvalue weighted by Crippen LogP contribution is 2.39. The van der Waals surface area contributed by atoms with Crippen molar-refractivity contribution in [2.75, 3.05) is 45.9 Å². The van der Waals surface area contributed by atoms with Crippen LogP contribution in [0.25, 0.3) is 0 Å². The zero-order valence-electron chi connectivity index (χ0n) is 18.2. The Bertz CT molecular complexity index is 743. The molecule has 0 unspecified atom stereocenters. The SMILES string of the molecule is NC(=O)C1(C(=O)N(CCc2ccccc2)C(=O)NCCCN2CCOCC2)CCCC1. The van der Waals surface area contributed by atoms with Crippen LogP contribution in [0, 0.1) is 5.41 Å². The fourth-order valence-electron chi connectivity index (χ4n) is 4.40. The van der Waals surface area contributed by atoms with Crippen molar-refractivity contribution in [3.63, 3.8) is 0 Å². The molecule has 0 spiro atoms. The number of nitrogens with two attached hydrogens (primary N) is 1. The van der Waals surface area contributed by atoms with Crippen molar-refractivity contribution in [3.05, 3.63) is 35.9 Å². The lowest BCUT2D eigenvalue weighted by atomic mass is 9.83. The molecule has 0 bridgehead atoms. The first-order chi connectivity index (χ1) is 15.0. The number of carbonyl (C=O) groups is 3.